The van der Waals surface area contributed by atoms with Crippen LogP contribution in [0.25, 0.3) is 17.1 Å². The highest BCUT2D eigenvalue weighted by molar-refractivity contribution is 6.02. The van der Waals surface area contributed by atoms with E-state index in [1.807, 2.05) is 6.92 Å². The first kappa shape index (κ1) is 23.0. The summed E-state index contributed by atoms with van der Waals surface area (Å²) >= 11 is 0. The number of rotatable bonds is 8. The maximum Gasteiger partial charge on any atom is 0.294 e. The quantitative estimate of drug-likeness (QED) is 0.216. The van der Waals surface area contributed by atoms with Crippen molar-refractivity contribution < 1.29 is 19.1 Å². The van der Waals surface area contributed by atoms with Gasteiger partial charge in [0.05, 0.1) is 17.2 Å². The summed E-state index contributed by atoms with van der Waals surface area (Å²) in [6.07, 6.45) is 0. The first-order valence-corrected chi connectivity index (χ1v) is 10.3. The average Bonchev–Trinajstić information content (AvgIpc) is 3.48. The molecule has 0 spiro atoms. The van der Waals surface area contributed by atoms with Crippen LogP contribution in [-0.2, 0) is 0 Å². The predicted molar refractivity (Wildman–Crippen MR) is 123 cm³/mol. The molecule has 178 valence electrons. The second-order valence-electron chi connectivity index (χ2n) is 7.07. The molecule has 14 heteroatoms. The van der Waals surface area contributed by atoms with Crippen LogP contribution in [-0.4, -0.2) is 48.5 Å². The number of hydrazone groups is 1. The number of nitro groups is 1. The molecule has 0 fully saturated rings. The molecule has 14 nitrogen and oxygen atoms in total. The van der Waals surface area contributed by atoms with Crippen LogP contribution in [0.3, 0.4) is 0 Å². The molecule has 3 N–H and O–H groups in total. The molecule has 0 radical (unpaired) electrons. The summed E-state index contributed by atoms with van der Waals surface area (Å²) in [5.74, 6) is -0.0817. The molecule has 2 aromatic heterocycles. The lowest BCUT2D eigenvalue weighted by molar-refractivity contribution is -0.384. The van der Waals surface area contributed by atoms with E-state index in [0.717, 1.165) is 0 Å². The Kier molecular flexibility index (Phi) is 6.44. The first-order valence-electron chi connectivity index (χ1n) is 10.3. The van der Waals surface area contributed by atoms with Gasteiger partial charge in [-0.25, -0.2) is 10.1 Å². The van der Waals surface area contributed by atoms with Gasteiger partial charge in [0.25, 0.3) is 11.6 Å². The summed E-state index contributed by atoms with van der Waals surface area (Å²) in [5, 5.41) is 30.2. The van der Waals surface area contributed by atoms with Crippen LogP contribution in [0.2, 0.25) is 0 Å². The van der Waals surface area contributed by atoms with Crippen molar-refractivity contribution in [3.8, 4) is 22.8 Å². The van der Waals surface area contributed by atoms with E-state index in [4.69, 9.17) is 10.5 Å². The molecule has 0 aliphatic rings. The van der Waals surface area contributed by atoms with E-state index in [0.29, 0.717) is 29.2 Å². The minimum Gasteiger partial charge on any atom is -0.494 e. The number of nitrogens with one attached hydrogen (secondary N) is 1. The topological polar surface area (TPSA) is 189 Å². The van der Waals surface area contributed by atoms with Gasteiger partial charge >= 0.3 is 0 Å². The van der Waals surface area contributed by atoms with Crippen LogP contribution in [0.1, 0.15) is 29.9 Å². The van der Waals surface area contributed by atoms with Crippen molar-refractivity contribution in [2.75, 3.05) is 12.3 Å². The second kappa shape index (κ2) is 9.78. The van der Waals surface area contributed by atoms with Crippen LogP contribution in [0.15, 0.2) is 58.3 Å². The molecule has 0 aliphatic heterocycles. The van der Waals surface area contributed by atoms with Gasteiger partial charge in [-0.1, -0.05) is 17.3 Å². The van der Waals surface area contributed by atoms with E-state index in [1.54, 1.807) is 31.2 Å². The number of ether oxygens (including phenoxy) is 1. The molecule has 2 heterocycles. The van der Waals surface area contributed by atoms with Crippen LogP contribution >= 0.6 is 0 Å². The fourth-order valence-corrected chi connectivity index (χ4v) is 3.16. The van der Waals surface area contributed by atoms with Gasteiger partial charge in [0.2, 0.25) is 11.6 Å². The zero-order chi connectivity index (χ0) is 24.9. The molecule has 2 aromatic carbocycles. The Morgan fingerprint density at radius 2 is 2.03 bits per heavy atom. The molecule has 1 amide bonds. The number of nitrogens with zero attached hydrogens (tertiary/aromatic N) is 7. The van der Waals surface area contributed by atoms with E-state index in [1.165, 1.54) is 28.9 Å². The Labute approximate surface area is 197 Å². The number of benzene rings is 2. The molecule has 0 atom stereocenters. The first-order chi connectivity index (χ1) is 16.9. The highest BCUT2D eigenvalue weighted by Gasteiger charge is 2.25. The lowest BCUT2D eigenvalue weighted by Gasteiger charge is -2.08. The molecule has 4 aromatic rings. The van der Waals surface area contributed by atoms with Crippen LogP contribution in [0.5, 0.6) is 5.75 Å². The maximum absolute atomic E-state index is 13.1. The molecule has 0 unspecified atom stereocenters. The standard InChI is InChI=1S/C21H19N9O5/c1-3-34-16-6-4-5-14(11-16)18-17(24-28-29(18)20-19(22)26-35-27-20)21(31)25-23-12(2)13-7-9-15(10-8-13)30(32)33/h4-11H,3H2,1-2H3,(H2,22,26)(H,25,31)/b23-12-. The number of hydrogen-bond donors (Lipinski definition) is 2. The number of nitrogens with two attached hydrogens (primary N) is 1. The maximum atomic E-state index is 13.1. The Hall–Kier alpha value is -5.14. The van der Waals surface area contributed by atoms with E-state index in [2.05, 4.69) is 35.8 Å². The van der Waals surface area contributed by atoms with Crippen molar-refractivity contribution in [1.82, 2.24) is 30.7 Å². The van der Waals surface area contributed by atoms with Crippen molar-refractivity contribution in [3.63, 3.8) is 0 Å². The van der Waals surface area contributed by atoms with E-state index < -0.39 is 10.8 Å². The molecule has 0 aliphatic carbocycles. The molecular formula is C21H19N9O5. The number of anilines is 1. The Bertz CT molecular complexity index is 1410. The summed E-state index contributed by atoms with van der Waals surface area (Å²) in [7, 11) is 0. The fourth-order valence-electron chi connectivity index (χ4n) is 3.16. The third-order valence-corrected chi connectivity index (χ3v) is 4.82. The number of hydrogen-bond acceptors (Lipinski definition) is 11. The van der Waals surface area contributed by atoms with Crippen molar-refractivity contribution >= 4 is 23.1 Å². The SMILES string of the molecule is CCOc1cccc(-c2c(C(=O)N/N=C(/C)c3ccc([N+](=O)[O-])cc3)nnn2-c2nonc2N)c1. The number of nitro benzene ring substituents is 1. The van der Waals surface area contributed by atoms with Crippen LogP contribution < -0.4 is 15.9 Å². The van der Waals surface area contributed by atoms with Gasteiger partial charge in [0.15, 0.2) is 5.69 Å². The molecule has 4 rings (SSSR count). The van der Waals surface area contributed by atoms with E-state index in [-0.39, 0.29) is 28.7 Å². The van der Waals surface area contributed by atoms with Gasteiger partial charge in [-0.3, -0.25) is 14.9 Å². The van der Waals surface area contributed by atoms with E-state index >= 15 is 0 Å². The molecule has 0 bridgehead atoms. The minimum absolute atomic E-state index is 0.0453. The average molecular weight is 477 g/mol. The van der Waals surface area contributed by atoms with Gasteiger partial charge in [0.1, 0.15) is 11.4 Å². The summed E-state index contributed by atoms with van der Waals surface area (Å²) < 4.78 is 11.5. The minimum atomic E-state index is -0.663. The van der Waals surface area contributed by atoms with E-state index in [9.17, 15) is 14.9 Å². The number of carbonyl (C=O) groups is 1. The van der Waals surface area contributed by atoms with Gasteiger partial charge in [-0.05, 0) is 54.0 Å². The zero-order valence-corrected chi connectivity index (χ0v) is 18.6. The highest BCUT2D eigenvalue weighted by atomic mass is 16.6. The predicted octanol–water partition coefficient (Wildman–Crippen LogP) is 2.36. The van der Waals surface area contributed by atoms with Crippen molar-refractivity contribution in [2.45, 2.75) is 13.8 Å². The largest absolute Gasteiger partial charge is 0.494 e. The summed E-state index contributed by atoms with van der Waals surface area (Å²) in [6, 6.07) is 12.7. The molecule has 0 saturated heterocycles. The smallest absolute Gasteiger partial charge is 0.294 e. The Morgan fingerprint density at radius 3 is 2.69 bits per heavy atom. The number of aromatic nitrogens is 5. The third-order valence-electron chi connectivity index (χ3n) is 4.82. The summed E-state index contributed by atoms with van der Waals surface area (Å²) in [4.78, 5) is 23.4. The Morgan fingerprint density at radius 1 is 1.26 bits per heavy atom. The van der Waals surface area contributed by atoms with Gasteiger partial charge in [0, 0.05) is 17.7 Å². The number of nitrogen functional groups attached to an aromatic ring is 1. The summed E-state index contributed by atoms with van der Waals surface area (Å²) in [6.45, 7) is 3.95. The van der Waals surface area contributed by atoms with Crippen molar-refractivity contribution in [2.24, 2.45) is 5.10 Å². The van der Waals surface area contributed by atoms with Crippen LogP contribution in [0, 0.1) is 10.1 Å². The highest BCUT2D eigenvalue weighted by Crippen LogP contribution is 2.29. The molecule has 35 heavy (non-hydrogen) atoms. The molecule has 0 saturated carbocycles. The van der Waals surface area contributed by atoms with Gasteiger partial charge < -0.3 is 10.5 Å². The lowest BCUT2D eigenvalue weighted by Crippen LogP contribution is -2.21. The lowest BCUT2D eigenvalue weighted by atomic mass is 10.1. The number of carbonyl (C=O) groups excluding carboxylic acids is 1. The van der Waals surface area contributed by atoms with Gasteiger partial charge in [-0.2, -0.15) is 9.78 Å². The van der Waals surface area contributed by atoms with Crippen molar-refractivity contribution in [3.05, 3.63) is 69.9 Å². The summed E-state index contributed by atoms with van der Waals surface area (Å²) in [5.41, 5.74) is 9.96. The monoisotopic (exact) mass is 477 g/mol. The number of amides is 1. The van der Waals surface area contributed by atoms with Crippen LogP contribution in [0.4, 0.5) is 11.5 Å². The Balaban J connectivity index is 1.69. The van der Waals surface area contributed by atoms with Crippen molar-refractivity contribution in [1.29, 1.82) is 0 Å². The zero-order valence-electron chi connectivity index (χ0n) is 18.6. The number of non-ortho nitro benzene ring substituents is 1. The molecular weight excluding hydrogens is 458 g/mol. The third kappa shape index (κ3) is 4.80. The normalized spacial score (nSPS) is 11.3. The second-order valence-corrected chi connectivity index (χ2v) is 7.07. The van der Waals surface area contributed by atoms with Gasteiger partial charge in [-0.15, -0.1) is 5.10 Å². The fraction of sp³-hybridized carbons (Fsp3) is 0.143.